The van der Waals surface area contributed by atoms with Gasteiger partial charge in [-0.15, -0.1) is 0 Å². The van der Waals surface area contributed by atoms with Crippen LogP contribution in [0.5, 0.6) is 0 Å². The molecule has 4 aliphatic rings. The summed E-state index contributed by atoms with van der Waals surface area (Å²) in [4.78, 5) is 12.9. The number of hydrogen-bond acceptors (Lipinski definition) is 3. The van der Waals surface area contributed by atoms with Crippen LogP contribution in [0.25, 0.3) is 6.20 Å². The minimum absolute atomic E-state index is 0.0895. The summed E-state index contributed by atoms with van der Waals surface area (Å²) >= 11 is 0. The summed E-state index contributed by atoms with van der Waals surface area (Å²) in [5.41, 5.74) is -2.72. The topological polar surface area (TPSA) is 67.2 Å². The van der Waals surface area contributed by atoms with E-state index in [2.05, 4.69) is 10.4 Å². The summed E-state index contributed by atoms with van der Waals surface area (Å²) in [6, 6.07) is -0.186. The van der Waals surface area contributed by atoms with Crippen molar-refractivity contribution in [3.8, 4) is 0 Å². The first-order valence-corrected chi connectivity index (χ1v) is 10.8. The first kappa shape index (κ1) is 22.3. The van der Waals surface area contributed by atoms with Gasteiger partial charge < -0.3 is 10.4 Å². The predicted molar refractivity (Wildman–Crippen MR) is 107 cm³/mol. The highest BCUT2D eigenvalue weighted by Crippen LogP contribution is 2.59. The predicted octanol–water partition coefficient (Wildman–Crippen LogP) is 4.29. The Bertz CT molecular complexity index is 861. The van der Waals surface area contributed by atoms with Crippen LogP contribution in [0.4, 0.5) is 17.6 Å². The van der Waals surface area contributed by atoms with Gasteiger partial charge in [-0.2, -0.15) is 18.3 Å². The highest BCUT2D eigenvalue weighted by molar-refractivity contribution is 5.95. The Labute approximate surface area is 178 Å². The molecule has 2 unspecified atom stereocenters. The number of carbonyl (C=O) groups is 1. The van der Waals surface area contributed by atoms with Gasteiger partial charge in [-0.3, -0.25) is 9.18 Å². The molecule has 9 heteroatoms. The van der Waals surface area contributed by atoms with Gasteiger partial charge >= 0.3 is 6.18 Å². The highest BCUT2D eigenvalue weighted by atomic mass is 19.4. The van der Waals surface area contributed by atoms with Crippen LogP contribution in [0.2, 0.25) is 0 Å². The van der Waals surface area contributed by atoms with Crippen LogP contribution in [0, 0.1) is 28.6 Å². The van der Waals surface area contributed by atoms with E-state index in [0.717, 1.165) is 44.5 Å². The number of hydrogen-bond donors (Lipinski definition) is 2. The van der Waals surface area contributed by atoms with Crippen molar-refractivity contribution in [2.45, 2.75) is 58.2 Å². The molecular formula is C22H29F4N3O2. The van der Waals surface area contributed by atoms with Crippen molar-refractivity contribution in [1.82, 2.24) is 15.1 Å². The Kier molecular flexibility index (Phi) is 5.47. The largest absolute Gasteiger partial charge is 0.434 e. The van der Waals surface area contributed by atoms with E-state index < -0.39 is 35.4 Å². The first-order valence-electron chi connectivity index (χ1n) is 10.8. The van der Waals surface area contributed by atoms with Crippen LogP contribution in [-0.2, 0) is 6.18 Å². The van der Waals surface area contributed by atoms with Gasteiger partial charge in [-0.05, 0) is 55.3 Å². The lowest BCUT2D eigenvalue weighted by atomic mass is 9.48. The molecule has 4 aliphatic carbocycles. The Morgan fingerprint density at radius 3 is 2.48 bits per heavy atom. The van der Waals surface area contributed by atoms with Gasteiger partial charge in [0.05, 0.1) is 18.4 Å². The summed E-state index contributed by atoms with van der Waals surface area (Å²) in [6.07, 6.45) is 2.99. The first-order chi connectivity index (χ1) is 14.5. The number of amides is 1. The van der Waals surface area contributed by atoms with Crippen molar-refractivity contribution in [2.24, 2.45) is 28.6 Å². The zero-order valence-electron chi connectivity index (χ0n) is 17.8. The van der Waals surface area contributed by atoms with Gasteiger partial charge in [-0.1, -0.05) is 19.9 Å². The minimum Gasteiger partial charge on any atom is -0.396 e. The van der Waals surface area contributed by atoms with Crippen LogP contribution >= 0.6 is 0 Å². The molecule has 1 amide bonds. The molecule has 31 heavy (non-hydrogen) atoms. The number of aromatic nitrogens is 2. The van der Waals surface area contributed by atoms with E-state index >= 15 is 0 Å². The molecule has 4 saturated carbocycles. The maximum Gasteiger partial charge on any atom is 0.434 e. The number of allylic oxidation sites excluding steroid dienone is 1. The molecule has 0 aliphatic heterocycles. The fourth-order valence-electron chi connectivity index (χ4n) is 6.09. The number of alkyl halides is 4. The molecule has 1 aromatic heterocycles. The number of aliphatic hydroxyl groups excluding tert-OH is 1. The lowest BCUT2D eigenvalue weighted by Gasteiger charge is -2.59. The van der Waals surface area contributed by atoms with Gasteiger partial charge in [0.25, 0.3) is 5.91 Å². The third kappa shape index (κ3) is 4.13. The fraction of sp³-hybridized carbons (Fsp3) is 0.727. The van der Waals surface area contributed by atoms with Crippen molar-refractivity contribution in [1.29, 1.82) is 0 Å². The molecule has 0 spiro atoms. The SMILES string of the molecule is CC(C)(/C=C/n1ncc(C(=O)NC2C3CC4CC2CC(CO)(C4)C3)c1C(F)(F)F)CF. The molecule has 1 heterocycles. The Morgan fingerprint density at radius 1 is 1.29 bits per heavy atom. The van der Waals surface area contributed by atoms with Crippen LogP contribution in [0.15, 0.2) is 12.3 Å². The maximum atomic E-state index is 13.8. The number of carbonyl (C=O) groups excluding carboxylic acids is 1. The lowest BCUT2D eigenvalue weighted by molar-refractivity contribution is -0.142. The van der Waals surface area contributed by atoms with E-state index in [1.807, 2.05) is 0 Å². The molecule has 0 saturated heterocycles. The minimum atomic E-state index is -4.79. The molecule has 172 valence electrons. The number of nitrogens with one attached hydrogen (secondary N) is 1. The molecule has 0 radical (unpaired) electrons. The molecule has 2 atom stereocenters. The average molecular weight is 443 g/mol. The highest BCUT2D eigenvalue weighted by Gasteiger charge is 2.55. The van der Waals surface area contributed by atoms with E-state index in [4.69, 9.17) is 0 Å². The third-order valence-electron chi connectivity index (χ3n) is 7.35. The molecule has 4 bridgehead atoms. The summed E-state index contributed by atoms with van der Waals surface area (Å²) in [6.45, 7) is 2.50. The standard InChI is InChI=1S/C22H29F4N3O2/c1-20(2,11-23)3-4-29-18(22(24,25)26)16(10-27-29)19(31)28-17-14-5-13-6-15(17)9-21(7-13,8-14)12-30/h3-4,10,13-15,17,30H,5-9,11-12H2,1-2H3,(H,28,31)/b4-3+. The van der Waals surface area contributed by atoms with Crippen LogP contribution in [-0.4, -0.2) is 40.1 Å². The van der Waals surface area contributed by atoms with Crippen molar-refractivity contribution >= 4 is 12.1 Å². The number of rotatable bonds is 6. The normalized spacial score (nSPS) is 32.7. The van der Waals surface area contributed by atoms with Gasteiger partial charge in [-0.25, -0.2) is 4.68 Å². The van der Waals surface area contributed by atoms with Crippen LogP contribution in [0.3, 0.4) is 0 Å². The van der Waals surface area contributed by atoms with Crippen molar-refractivity contribution < 1.29 is 27.5 Å². The zero-order chi connectivity index (χ0) is 22.6. The monoisotopic (exact) mass is 443 g/mol. The Balaban J connectivity index is 1.57. The smallest absolute Gasteiger partial charge is 0.396 e. The summed E-state index contributed by atoms with van der Waals surface area (Å²) in [5.74, 6) is 0.0940. The second-order valence-electron chi connectivity index (χ2n) is 10.4. The fourth-order valence-corrected chi connectivity index (χ4v) is 6.09. The van der Waals surface area contributed by atoms with E-state index in [0.29, 0.717) is 10.6 Å². The van der Waals surface area contributed by atoms with Crippen LogP contribution in [0.1, 0.15) is 62.0 Å². The average Bonchev–Trinajstić information content (AvgIpc) is 3.13. The summed E-state index contributed by atoms with van der Waals surface area (Å²) in [5, 5.41) is 16.5. The molecule has 2 N–H and O–H groups in total. The van der Waals surface area contributed by atoms with E-state index in [1.54, 1.807) is 13.8 Å². The Morgan fingerprint density at radius 2 is 1.94 bits per heavy atom. The zero-order valence-corrected chi connectivity index (χ0v) is 17.8. The van der Waals surface area contributed by atoms with Gasteiger partial charge in [0, 0.05) is 24.3 Å². The molecule has 4 fully saturated rings. The van der Waals surface area contributed by atoms with Crippen molar-refractivity contribution in [3.63, 3.8) is 0 Å². The van der Waals surface area contributed by atoms with Gasteiger partial charge in [0.15, 0.2) is 5.69 Å². The van der Waals surface area contributed by atoms with Gasteiger partial charge in [0.2, 0.25) is 0 Å². The number of halogens is 4. The third-order valence-corrected chi connectivity index (χ3v) is 7.35. The number of aliphatic hydroxyl groups is 1. The van der Waals surface area contributed by atoms with E-state index in [9.17, 15) is 27.5 Å². The maximum absolute atomic E-state index is 13.8. The van der Waals surface area contributed by atoms with Crippen molar-refractivity contribution in [2.75, 3.05) is 13.3 Å². The summed E-state index contributed by atoms with van der Waals surface area (Å²) in [7, 11) is 0. The van der Waals surface area contributed by atoms with E-state index in [1.165, 1.54) is 6.08 Å². The second-order valence-corrected chi connectivity index (χ2v) is 10.4. The molecular weight excluding hydrogens is 414 g/mol. The lowest BCUT2D eigenvalue weighted by Crippen LogP contribution is -2.60. The molecule has 1 aromatic rings. The number of nitrogens with zero attached hydrogens (tertiary/aromatic N) is 2. The molecule has 5 nitrogen and oxygen atoms in total. The van der Waals surface area contributed by atoms with Crippen LogP contribution < -0.4 is 5.32 Å². The molecule has 5 rings (SSSR count). The van der Waals surface area contributed by atoms with Crippen molar-refractivity contribution in [3.05, 3.63) is 23.5 Å². The Hall–Kier alpha value is -1.90. The second kappa shape index (κ2) is 7.60. The quantitative estimate of drug-likeness (QED) is 0.645. The summed E-state index contributed by atoms with van der Waals surface area (Å²) < 4.78 is 55.0. The van der Waals surface area contributed by atoms with E-state index in [-0.39, 0.29) is 29.9 Å². The molecule has 0 aromatic carbocycles. The van der Waals surface area contributed by atoms with Gasteiger partial charge in [0.1, 0.15) is 0 Å².